The standard InChI is InChI=1S/C16H18.C10H14O.C10H16.C10H8.C10H14.6C7H8O.3C3H8.7C2H6/c1-3-13-5-9-15(10-6-13)16-11-7-14(4-2)8-12-16;1-8(2)9-4-6-10(11-3)7-5-9;1-2-9-7-4-5-8(6-7)10(9)3-1;1-2-6-10-8-4-3-7-9(10)5-1;1-3-9-5-7-10(4-2)8-6-9;6*1-8-7-5-3-2-4-6-7;3*1-3-2;7*1-2/h5-12H,3-4H2,1-2H3;4-8H,1-3H3;7-10H,1-6H2;1-8H;5-8H,3-4H2,1-2H3;6*2-6H,1H3;3*3H2,1-2H3;7*1-2H3. The molecule has 0 aliphatic heterocycles. The normalized spacial score (nSPS) is 12.2. The number of methoxy groups -OCH3 is 7. The molecular weight excluding hydrogens is 1570 g/mol. The molecule has 12 aromatic rings. The lowest BCUT2D eigenvalue weighted by Crippen LogP contribution is -2.15. The summed E-state index contributed by atoms with van der Waals surface area (Å²) in [6.07, 6.45) is 17.8. The summed E-state index contributed by atoms with van der Waals surface area (Å²) in [4.78, 5) is 0. The van der Waals surface area contributed by atoms with E-state index >= 15 is 0 Å². The Kier molecular flexibility index (Phi) is 97.3. The molecule has 0 saturated heterocycles. The molecule has 4 unspecified atom stereocenters. The molecule has 0 aromatic heterocycles. The van der Waals surface area contributed by atoms with Crippen LogP contribution in [0.15, 0.2) is 328 Å². The second-order valence-electron chi connectivity index (χ2n) is 27.7. The first kappa shape index (κ1) is 128. The van der Waals surface area contributed by atoms with Gasteiger partial charge >= 0.3 is 0 Å². The van der Waals surface area contributed by atoms with E-state index in [4.69, 9.17) is 33.2 Å². The molecule has 12 aromatic carbocycles. The van der Waals surface area contributed by atoms with Crippen molar-refractivity contribution in [1.82, 2.24) is 0 Å². The minimum Gasteiger partial charge on any atom is -0.497 e. The molecule has 7 heteroatoms. The van der Waals surface area contributed by atoms with Crippen molar-refractivity contribution in [2.45, 2.75) is 269 Å². The maximum absolute atomic E-state index is 5.05. The first-order chi connectivity index (χ1) is 62.7. The molecule has 0 amide bonds. The molecule has 3 aliphatic carbocycles. The molecule has 128 heavy (non-hydrogen) atoms. The number of hydrogen-bond donors (Lipinski definition) is 0. The lowest BCUT2D eigenvalue weighted by Gasteiger charge is -2.23. The molecular formula is C121H184O7. The molecule has 0 N–H and O–H groups in total. The van der Waals surface area contributed by atoms with Crippen molar-refractivity contribution in [1.29, 1.82) is 0 Å². The van der Waals surface area contributed by atoms with Gasteiger partial charge in [-0.2, -0.15) is 0 Å². The van der Waals surface area contributed by atoms with Crippen molar-refractivity contribution in [3.63, 3.8) is 0 Å². The van der Waals surface area contributed by atoms with Crippen molar-refractivity contribution in [2.24, 2.45) is 23.7 Å². The van der Waals surface area contributed by atoms with Crippen LogP contribution in [0.5, 0.6) is 40.2 Å². The smallest absolute Gasteiger partial charge is 0.118 e. The third-order valence-corrected chi connectivity index (χ3v) is 18.6. The molecule has 2 bridgehead atoms. The van der Waals surface area contributed by atoms with E-state index in [9.17, 15) is 0 Å². The van der Waals surface area contributed by atoms with Crippen molar-refractivity contribution in [3.05, 3.63) is 355 Å². The van der Waals surface area contributed by atoms with Crippen LogP contribution in [-0.4, -0.2) is 49.8 Å². The Morgan fingerprint density at radius 1 is 0.219 bits per heavy atom. The fourth-order valence-electron chi connectivity index (χ4n) is 12.4. The molecule has 3 aliphatic rings. The van der Waals surface area contributed by atoms with E-state index in [0.29, 0.717) is 5.92 Å². The topological polar surface area (TPSA) is 64.6 Å². The fraction of sp³-hybridized carbons (Fsp3) is 0.421. The summed E-state index contributed by atoms with van der Waals surface area (Å²) in [5.41, 5.74) is 9.61. The average molecular weight is 1750 g/mol. The summed E-state index contributed by atoms with van der Waals surface area (Å²) in [6, 6.07) is 109. The molecule has 15 rings (SSSR count). The van der Waals surface area contributed by atoms with Crippen LogP contribution in [-0.2, 0) is 25.7 Å². The first-order valence-electron chi connectivity index (χ1n) is 48.6. The average Bonchev–Trinajstić information content (AvgIpc) is 1.62. The Labute approximate surface area is 788 Å². The van der Waals surface area contributed by atoms with Crippen LogP contribution in [0.25, 0.3) is 21.9 Å². The van der Waals surface area contributed by atoms with Crippen molar-refractivity contribution in [3.8, 4) is 51.4 Å². The number of hydrogen-bond acceptors (Lipinski definition) is 7. The van der Waals surface area contributed by atoms with Crippen molar-refractivity contribution >= 4 is 10.8 Å². The van der Waals surface area contributed by atoms with Crippen LogP contribution in [0.1, 0.15) is 272 Å². The van der Waals surface area contributed by atoms with Gasteiger partial charge in [0.25, 0.3) is 0 Å². The Morgan fingerprint density at radius 2 is 0.391 bits per heavy atom. The van der Waals surface area contributed by atoms with E-state index in [1.54, 1.807) is 88.3 Å². The highest BCUT2D eigenvalue weighted by molar-refractivity contribution is 5.82. The van der Waals surface area contributed by atoms with E-state index in [1.165, 1.54) is 92.7 Å². The molecule has 4 atom stereocenters. The van der Waals surface area contributed by atoms with Gasteiger partial charge in [-0.05, 0) is 222 Å². The largest absolute Gasteiger partial charge is 0.497 e. The van der Waals surface area contributed by atoms with Gasteiger partial charge in [0.05, 0.1) is 49.8 Å². The molecule has 0 heterocycles. The van der Waals surface area contributed by atoms with Crippen molar-refractivity contribution in [2.75, 3.05) is 49.8 Å². The number of rotatable bonds is 13. The van der Waals surface area contributed by atoms with Crippen LogP contribution in [0, 0.1) is 23.7 Å². The van der Waals surface area contributed by atoms with Gasteiger partial charge in [0.15, 0.2) is 0 Å². The van der Waals surface area contributed by atoms with E-state index in [2.05, 4.69) is 217 Å². The van der Waals surface area contributed by atoms with Crippen LogP contribution < -0.4 is 33.2 Å². The second-order valence-corrected chi connectivity index (χ2v) is 27.7. The molecule has 710 valence electrons. The highest BCUT2D eigenvalue weighted by atomic mass is 16.5. The number of aryl methyl sites for hydroxylation is 4. The van der Waals surface area contributed by atoms with Crippen LogP contribution in [0.4, 0.5) is 0 Å². The zero-order valence-corrected chi connectivity index (χ0v) is 87.1. The summed E-state index contributed by atoms with van der Waals surface area (Å²) < 4.78 is 34.5. The van der Waals surface area contributed by atoms with Gasteiger partial charge in [-0.25, -0.2) is 0 Å². The number of para-hydroxylation sites is 6. The lowest BCUT2D eigenvalue weighted by molar-refractivity contribution is 0.259. The van der Waals surface area contributed by atoms with E-state index in [0.717, 1.165) is 65.9 Å². The molecule has 0 radical (unpaired) electrons. The Balaban J connectivity index is -0.000000314. The van der Waals surface area contributed by atoms with Crippen LogP contribution in [0.2, 0.25) is 0 Å². The highest BCUT2D eigenvalue weighted by Gasteiger charge is 2.48. The van der Waals surface area contributed by atoms with Crippen LogP contribution >= 0.6 is 0 Å². The Hall–Kier alpha value is -10.5. The first-order valence-corrected chi connectivity index (χ1v) is 48.6. The summed E-state index contributed by atoms with van der Waals surface area (Å²) in [5.74, 6) is 11.8. The third kappa shape index (κ3) is 65.1. The highest BCUT2D eigenvalue weighted by Crippen LogP contribution is 2.58. The van der Waals surface area contributed by atoms with Gasteiger partial charge in [0, 0.05) is 0 Å². The van der Waals surface area contributed by atoms with Gasteiger partial charge in [0.2, 0.25) is 0 Å². The number of ether oxygens (including phenoxy) is 7. The Morgan fingerprint density at radius 3 is 0.555 bits per heavy atom. The van der Waals surface area contributed by atoms with E-state index < -0.39 is 0 Å². The SMILES string of the molecule is C1CC2C3CCC(C3)C2C1.CC.CC.CC.CC.CC.CC.CC.CCC.CCC.CCC.CCc1ccc(-c2ccc(CC)cc2)cc1.CCc1ccc(CC)cc1.COc1ccc(C(C)C)cc1.COc1ccccc1.COc1ccccc1.COc1ccccc1.COc1ccccc1.COc1ccccc1.COc1ccccc1.c1ccc2ccccc2c1. The summed E-state index contributed by atoms with van der Waals surface area (Å²) in [7, 11) is 11.7. The maximum atomic E-state index is 5.05. The minimum absolute atomic E-state index is 0.598. The fourth-order valence-corrected chi connectivity index (χ4v) is 12.4. The van der Waals surface area contributed by atoms with Crippen molar-refractivity contribution < 1.29 is 33.2 Å². The van der Waals surface area contributed by atoms with Gasteiger partial charge in [-0.15, -0.1) is 0 Å². The lowest BCUT2D eigenvalue weighted by atomic mass is 9.82. The molecule has 0 spiro atoms. The Bertz CT molecular complexity index is 3600. The number of benzene rings is 12. The second kappa shape index (κ2) is 97.1. The van der Waals surface area contributed by atoms with E-state index in [1.807, 2.05) is 291 Å². The number of fused-ring (bicyclic) bond motifs is 6. The monoisotopic (exact) mass is 1750 g/mol. The zero-order valence-electron chi connectivity index (χ0n) is 87.1. The predicted molar refractivity (Wildman–Crippen MR) is 574 cm³/mol. The zero-order chi connectivity index (χ0) is 97.5. The molecule has 7 nitrogen and oxygen atoms in total. The van der Waals surface area contributed by atoms with Gasteiger partial charge in [0.1, 0.15) is 40.2 Å². The van der Waals surface area contributed by atoms with Gasteiger partial charge < -0.3 is 33.2 Å². The maximum Gasteiger partial charge on any atom is 0.118 e. The molecule has 3 fully saturated rings. The summed E-state index contributed by atoms with van der Waals surface area (Å²) in [5, 5.41) is 2.62. The van der Waals surface area contributed by atoms with Crippen LogP contribution in [0.3, 0.4) is 0 Å². The minimum atomic E-state index is 0.598. The predicted octanol–water partition coefficient (Wildman–Crippen LogP) is 37.4. The summed E-state index contributed by atoms with van der Waals surface area (Å²) in [6.45, 7) is 53.8. The van der Waals surface area contributed by atoms with Gasteiger partial charge in [-0.1, -0.05) is 448 Å². The van der Waals surface area contributed by atoms with Gasteiger partial charge in [-0.3, -0.25) is 0 Å². The van der Waals surface area contributed by atoms with E-state index in [-0.39, 0.29) is 0 Å². The quantitative estimate of drug-likeness (QED) is 0.114. The summed E-state index contributed by atoms with van der Waals surface area (Å²) >= 11 is 0. The molecule has 3 saturated carbocycles. The third-order valence-electron chi connectivity index (χ3n) is 18.6.